The Labute approximate surface area is 238 Å². The highest BCUT2D eigenvalue weighted by Gasteiger charge is 2.22. The predicted molar refractivity (Wildman–Crippen MR) is 169 cm³/mol. The Hall–Kier alpha value is -2.40. The third-order valence-electron chi connectivity index (χ3n) is 8.57. The van der Waals surface area contributed by atoms with Crippen molar-refractivity contribution in [2.75, 3.05) is 37.4 Å². The maximum absolute atomic E-state index is 4.83. The zero-order valence-corrected chi connectivity index (χ0v) is 24.8. The zero-order valence-electron chi connectivity index (χ0n) is 24.8. The molecule has 39 heavy (non-hydrogen) atoms. The highest BCUT2D eigenvalue weighted by Crippen LogP contribution is 2.28. The van der Waals surface area contributed by atoms with Crippen molar-refractivity contribution in [1.29, 1.82) is 0 Å². The SMILES string of the molecule is CN(C)c1nc(NC2CCC(CNCCCCCCCCCCCC3=CC=CCC3)CC2)nc2ccccc12. The normalized spacial score (nSPS) is 19.3. The van der Waals surface area contributed by atoms with E-state index in [1.54, 1.807) is 5.57 Å². The van der Waals surface area contributed by atoms with Crippen molar-refractivity contribution in [2.45, 2.75) is 109 Å². The van der Waals surface area contributed by atoms with Gasteiger partial charge in [-0.3, -0.25) is 0 Å². The third kappa shape index (κ3) is 10.3. The van der Waals surface area contributed by atoms with Crippen molar-refractivity contribution >= 4 is 22.7 Å². The van der Waals surface area contributed by atoms with Crippen LogP contribution in [0.5, 0.6) is 0 Å². The van der Waals surface area contributed by atoms with Gasteiger partial charge in [-0.25, -0.2) is 4.98 Å². The molecular weight excluding hydrogens is 478 g/mol. The Morgan fingerprint density at radius 1 is 0.846 bits per heavy atom. The molecule has 1 aromatic carbocycles. The summed E-state index contributed by atoms with van der Waals surface area (Å²) < 4.78 is 0. The lowest BCUT2D eigenvalue weighted by atomic mass is 9.86. The highest BCUT2D eigenvalue weighted by atomic mass is 15.2. The monoisotopic (exact) mass is 531 g/mol. The van der Waals surface area contributed by atoms with Crippen molar-refractivity contribution in [3.05, 3.63) is 48.1 Å². The minimum atomic E-state index is 0.476. The lowest BCUT2D eigenvalue weighted by Gasteiger charge is -2.29. The van der Waals surface area contributed by atoms with Crippen LogP contribution in [-0.2, 0) is 0 Å². The molecule has 1 saturated carbocycles. The van der Waals surface area contributed by atoms with Gasteiger partial charge < -0.3 is 15.5 Å². The van der Waals surface area contributed by atoms with Gasteiger partial charge in [-0.05, 0) is 88.9 Å². The van der Waals surface area contributed by atoms with E-state index in [4.69, 9.17) is 9.97 Å². The second-order valence-corrected chi connectivity index (χ2v) is 12.1. The van der Waals surface area contributed by atoms with Gasteiger partial charge in [0.1, 0.15) is 5.82 Å². The number of para-hydroxylation sites is 1. The predicted octanol–water partition coefficient (Wildman–Crippen LogP) is 8.43. The van der Waals surface area contributed by atoms with E-state index in [9.17, 15) is 0 Å². The molecule has 0 amide bonds. The summed E-state index contributed by atoms with van der Waals surface area (Å²) in [5.74, 6) is 2.56. The number of anilines is 2. The largest absolute Gasteiger partial charge is 0.362 e. The van der Waals surface area contributed by atoms with E-state index in [-0.39, 0.29) is 0 Å². The summed E-state index contributed by atoms with van der Waals surface area (Å²) in [7, 11) is 4.10. The van der Waals surface area contributed by atoms with Crippen molar-refractivity contribution in [3.63, 3.8) is 0 Å². The number of benzene rings is 1. The molecule has 5 heteroatoms. The first kappa shape index (κ1) is 29.6. The zero-order chi connectivity index (χ0) is 27.1. The summed E-state index contributed by atoms with van der Waals surface area (Å²) >= 11 is 0. The van der Waals surface area contributed by atoms with Crippen LogP contribution in [0.25, 0.3) is 10.9 Å². The van der Waals surface area contributed by atoms with Gasteiger partial charge in [0.2, 0.25) is 5.95 Å². The van der Waals surface area contributed by atoms with Gasteiger partial charge in [-0.1, -0.05) is 80.9 Å². The van der Waals surface area contributed by atoms with Crippen molar-refractivity contribution in [2.24, 2.45) is 5.92 Å². The van der Waals surface area contributed by atoms with Gasteiger partial charge in [0.25, 0.3) is 0 Å². The van der Waals surface area contributed by atoms with Crippen LogP contribution in [0.3, 0.4) is 0 Å². The summed E-state index contributed by atoms with van der Waals surface area (Å²) in [6, 6.07) is 8.76. The number of nitrogens with zero attached hydrogens (tertiary/aromatic N) is 3. The number of allylic oxidation sites excluding steroid dienone is 4. The molecule has 1 fully saturated rings. The molecule has 214 valence electrons. The summed E-state index contributed by atoms with van der Waals surface area (Å²) in [5, 5.41) is 8.50. The Morgan fingerprint density at radius 2 is 1.56 bits per heavy atom. The van der Waals surface area contributed by atoms with Crippen molar-refractivity contribution in [1.82, 2.24) is 15.3 Å². The fourth-order valence-electron chi connectivity index (χ4n) is 6.17. The van der Waals surface area contributed by atoms with Crippen LogP contribution in [0.15, 0.2) is 48.1 Å². The number of unbranched alkanes of at least 4 members (excludes halogenated alkanes) is 8. The van der Waals surface area contributed by atoms with Crippen LogP contribution in [0.2, 0.25) is 0 Å². The quantitative estimate of drug-likeness (QED) is 0.201. The van der Waals surface area contributed by atoms with Gasteiger partial charge in [0, 0.05) is 25.5 Å². The number of fused-ring (bicyclic) bond motifs is 1. The molecular formula is C34H53N5. The van der Waals surface area contributed by atoms with Gasteiger partial charge in [0.15, 0.2) is 0 Å². The number of nitrogens with one attached hydrogen (secondary N) is 2. The van der Waals surface area contributed by atoms with Gasteiger partial charge in [0.05, 0.1) is 5.52 Å². The first-order valence-electron chi connectivity index (χ1n) is 15.9. The fourth-order valence-corrected chi connectivity index (χ4v) is 6.17. The molecule has 0 atom stereocenters. The van der Waals surface area contributed by atoms with E-state index >= 15 is 0 Å². The van der Waals surface area contributed by atoms with Gasteiger partial charge in [-0.2, -0.15) is 4.98 Å². The van der Waals surface area contributed by atoms with Gasteiger partial charge in [-0.15, -0.1) is 0 Å². The van der Waals surface area contributed by atoms with E-state index < -0.39 is 0 Å². The van der Waals surface area contributed by atoms with Crippen LogP contribution in [-0.4, -0.2) is 43.2 Å². The molecule has 1 aromatic heterocycles. The average molecular weight is 532 g/mol. The lowest BCUT2D eigenvalue weighted by Crippen LogP contribution is -2.32. The van der Waals surface area contributed by atoms with Crippen LogP contribution >= 0.6 is 0 Å². The minimum absolute atomic E-state index is 0.476. The Bertz CT molecular complexity index is 1040. The number of aromatic nitrogens is 2. The third-order valence-corrected chi connectivity index (χ3v) is 8.57. The van der Waals surface area contributed by atoms with Crippen molar-refractivity contribution in [3.8, 4) is 0 Å². The Kier molecular flexibility index (Phi) is 12.6. The van der Waals surface area contributed by atoms with E-state index in [0.717, 1.165) is 28.6 Å². The minimum Gasteiger partial charge on any atom is -0.362 e. The summed E-state index contributed by atoms with van der Waals surface area (Å²) in [6.45, 7) is 2.36. The number of rotatable bonds is 17. The Morgan fingerprint density at radius 3 is 2.28 bits per heavy atom. The smallest absolute Gasteiger partial charge is 0.225 e. The molecule has 0 unspecified atom stereocenters. The summed E-state index contributed by atoms with van der Waals surface area (Å²) in [5.41, 5.74) is 2.68. The molecule has 0 spiro atoms. The fraction of sp³-hybridized carbons (Fsp3) is 0.647. The molecule has 0 saturated heterocycles. The van der Waals surface area contributed by atoms with Crippen LogP contribution in [0.4, 0.5) is 11.8 Å². The molecule has 2 aliphatic carbocycles. The molecule has 0 aliphatic heterocycles. The number of hydrogen-bond acceptors (Lipinski definition) is 5. The molecule has 2 aliphatic rings. The van der Waals surface area contributed by atoms with Gasteiger partial charge >= 0.3 is 0 Å². The molecule has 2 N–H and O–H groups in total. The molecule has 5 nitrogen and oxygen atoms in total. The topological polar surface area (TPSA) is 53.1 Å². The summed E-state index contributed by atoms with van der Waals surface area (Å²) in [4.78, 5) is 11.7. The highest BCUT2D eigenvalue weighted by molar-refractivity contribution is 5.90. The molecule has 0 radical (unpaired) electrons. The summed E-state index contributed by atoms with van der Waals surface area (Å²) in [6.07, 6.45) is 28.3. The van der Waals surface area contributed by atoms with Crippen LogP contribution in [0.1, 0.15) is 103 Å². The Balaban J connectivity index is 0.985. The molecule has 0 bridgehead atoms. The lowest BCUT2D eigenvalue weighted by molar-refractivity contribution is 0.323. The maximum atomic E-state index is 4.83. The first-order valence-corrected chi connectivity index (χ1v) is 15.9. The molecule has 2 aromatic rings. The molecule has 4 rings (SSSR count). The second-order valence-electron chi connectivity index (χ2n) is 12.1. The van der Waals surface area contributed by atoms with E-state index in [0.29, 0.717) is 6.04 Å². The van der Waals surface area contributed by atoms with E-state index in [2.05, 4.69) is 72.1 Å². The second kappa shape index (κ2) is 16.6. The number of hydrogen-bond donors (Lipinski definition) is 2. The van der Waals surface area contributed by atoms with E-state index in [1.807, 2.05) is 0 Å². The maximum Gasteiger partial charge on any atom is 0.225 e. The van der Waals surface area contributed by atoms with E-state index in [1.165, 1.54) is 116 Å². The first-order chi connectivity index (χ1) is 19.2. The molecule has 1 heterocycles. The van der Waals surface area contributed by atoms with Crippen molar-refractivity contribution < 1.29 is 0 Å². The van der Waals surface area contributed by atoms with Crippen LogP contribution < -0.4 is 15.5 Å². The average Bonchev–Trinajstić information content (AvgIpc) is 2.96. The standard InChI is InChI=1S/C34H53N5/c1-39(2)33-31-20-14-15-21-32(31)37-34(38-33)36-30-24-22-29(23-25-30)27-35-26-16-9-7-5-3-4-6-8-11-17-28-18-12-10-13-19-28/h10,12,14-15,18,20-21,29-30,35H,3-9,11,13,16-17,19,22-27H2,1-2H3,(H,36,37,38). The van der Waals surface area contributed by atoms with Crippen LogP contribution in [0, 0.1) is 5.92 Å².